The van der Waals surface area contributed by atoms with Gasteiger partial charge in [0.2, 0.25) is 0 Å². The summed E-state index contributed by atoms with van der Waals surface area (Å²) in [5, 5.41) is 13.3. The molecule has 4 heteroatoms. The van der Waals surface area contributed by atoms with Crippen molar-refractivity contribution in [3.05, 3.63) is 35.4 Å². The molecule has 0 spiro atoms. The summed E-state index contributed by atoms with van der Waals surface area (Å²) in [6.45, 7) is 7.67. The lowest BCUT2D eigenvalue weighted by Crippen LogP contribution is -2.50. The molecule has 0 saturated heterocycles. The zero-order valence-electron chi connectivity index (χ0n) is 11.1. The minimum absolute atomic E-state index is 0.433. The number of hydrogen-bond donors (Lipinski definition) is 0. The zero-order chi connectivity index (χ0) is 13.6. The second-order valence-electron chi connectivity index (χ2n) is 5.59. The van der Waals surface area contributed by atoms with Gasteiger partial charge in [-0.25, -0.2) is 0 Å². The number of nitrogens with zero attached hydrogens (tertiary/aromatic N) is 2. The Morgan fingerprint density at radius 3 is 2.06 bits per heavy atom. The number of benzene rings is 1. The third kappa shape index (κ3) is 1.73. The standard InChI is InChI=1S/C14H17N2O2/c1-13(2)14(3,4)16(18)12(15-13)11-7-5-10(9-17)6-8-11/h5-9H,1-4H3. The van der Waals surface area contributed by atoms with Crippen LogP contribution >= 0.6 is 0 Å². The highest BCUT2D eigenvalue weighted by Crippen LogP contribution is 2.37. The van der Waals surface area contributed by atoms with E-state index in [1.165, 1.54) is 0 Å². The van der Waals surface area contributed by atoms with Crippen molar-refractivity contribution in [2.45, 2.75) is 38.8 Å². The maximum absolute atomic E-state index is 12.3. The minimum Gasteiger partial charge on any atom is -0.298 e. The molecule has 1 heterocycles. The summed E-state index contributed by atoms with van der Waals surface area (Å²) in [5.74, 6) is 0.433. The zero-order valence-corrected chi connectivity index (χ0v) is 11.1. The number of hydroxylamine groups is 2. The summed E-state index contributed by atoms with van der Waals surface area (Å²) in [6.07, 6.45) is 0.781. The lowest BCUT2D eigenvalue weighted by molar-refractivity contribution is -0.158. The van der Waals surface area contributed by atoms with Gasteiger partial charge in [0.15, 0.2) is 5.84 Å². The number of carbonyl (C=O) groups is 1. The van der Waals surface area contributed by atoms with Crippen LogP contribution in [-0.2, 0) is 5.21 Å². The van der Waals surface area contributed by atoms with Crippen molar-refractivity contribution in [3.8, 4) is 0 Å². The van der Waals surface area contributed by atoms with Gasteiger partial charge in [0.1, 0.15) is 6.29 Å². The predicted octanol–water partition coefficient (Wildman–Crippen LogP) is 2.46. The fraction of sp³-hybridized carbons (Fsp3) is 0.429. The molecule has 2 rings (SSSR count). The number of amidine groups is 1. The topological polar surface area (TPSA) is 52.6 Å². The maximum Gasteiger partial charge on any atom is 0.159 e. The fourth-order valence-corrected chi connectivity index (χ4v) is 1.85. The van der Waals surface area contributed by atoms with Gasteiger partial charge >= 0.3 is 0 Å². The smallest absolute Gasteiger partial charge is 0.159 e. The average Bonchev–Trinajstić information content (AvgIpc) is 2.50. The Labute approximate surface area is 107 Å². The molecule has 0 unspecified atom stereocenters. The molecule has 1 aliphatic heterocycles. The van der Waals surface area contributed by atoms with E-state index in [4.69, 9.17) is 0 Å². The molecule has 0 fully saturated rings. The van der Waals surface area contributed by atoms with Crippen molar-refractivity contribution < 1.29 is 10.0 Å². The molecule has 0 amide bonds. The van der Waals surface area contributed by atoms with E-state index in [2.05, 4.69) is 4.99 Å². The summed E-state index contributed by atoms with van der Waals surface area (Å²) in [4.78, 5) is 15.1. The molecular formula is C14H17N2O2. The third-order valence-electron chi connectivity index (χ3n) is 3.89. The molecule has 95 valence electrons. The Bertz CT molecular complexity index is 501. The molecule has 0 aromatic heterocycles. The summed E-state index contributed by atoms with van der Waals surface area (Å²) >= 11 is 0. The van der Waals surface area contributed by atoms with E-state index in [9.17, 15) is 10.0 Å². The van der Waals surface area contributed by atoms with Gasteiger partial charge in [0.05, 0.1) is 11.1 Å². The molecule has 18 heavy (non-hydrogen) atoms. The van der Waals surface area contributed by atoms with Crippen molar-refractivity contribution in [2.75, 3.05) is 0 Å². The highest BCUT2D eigenvalue weighted by atomic mass is 16.5. The third-order valence-corrected chi connectivity index (χ3v) is 3.89. The summed E-state index contributed by atoms with van der Waals surface area (Å²) in [5.41, 5.74) is 0.321. The Balaban J connectivity index is 2.42. The number of hydrogen-bond acceptors (Lipinski definition) is 3. The Kier molecular flexibility index (Phi) is 2.78. The normalized spacial score (nSPS) is 20.7. The maximum atomic E-state index is 12.3. The van der Waals surface area contributed by atoms with Crippen molar-refractivity contribution in [2.24, 2.45) is 4.99 Å². The molecule has 0 aliphatic carbocycles. The van der Waals surface area contributed by atoms with Crippen LogP contribution in [0.4, 0.5) is 0 Å². The summed E-state index contributed by atoms with van der Waals surface area (Å²) < 4.78 is 0. The second kappa shape index (κ2) is 3.92. The van der Waals surface area contributed by atoms with E-state index in [1.807, 2.05) is 27.7 Å². The molecule has 0 N–H and O–H groups in total. The molecule has 0 atom stereocenters. The SMILES string of the molecule is CC1(C)N=C(c2ccc(C=O)cc2)N([O])C1(C)C. The van der Waals surface area contributed by atoms with Gasteiger partial charge in [-0.2, -0.15) is 5.06 Å². The first-order valence-corrected chi connectivity index (χ1v) is 5.92. The lowest BCUT2D eigenvalue weighted by Gasteiger charge is -2.35. The van der Waals surface area contributed by atoms with E-state index in [-0.39, 0.29) is 0 Å². The van der Waals surface area contributed by atoms with Crippen LogP contribution in [0.5, 0.6) is 0 Å². The van der Waals surface area contributed by atoms with Gasteiger partial charge in [0.25, 0.3) is 0 Å². The van der Waals surface area contributed by atoms with Gasteiger partial charge in [0, 0.05) is 11.1 Å². The first kappa shape index (κ1) is 12.8. The number of carbonyl (C=O) groups excluding carboxylic acids is 1. The number of rotatable bonds is 2. The number of aliphatic imine (C=N–C) groups is 1. The molecule has 1 aromatic rings. The largest absolute Gasteiger partial charge is 0.298 e. The van der Waals surface area contributed by atoms with Crippen molar-refractivity contribution in [1.29, 1.82) is 0 Å². The van der Waals surface area contributed by atoms with Gasteiger partial charge in [-0.3, -0.25) is 9.79 Å². The van der Waals surface area contributed by atoms with E-state index < -0.39 is 11.1 Å². The van der Waals surface area contributed by atoms with Crippen LogP contribution < -0.4 is 0 Å². The van der Waals surface area contributed by atoms with Crippen molar-refractivity contribution in [3.63, 3.8) is 0 Å². The molecule has 1 aromatic carbocycles. The van der Waals surface area contributed by atoms with Gasteiger partial charge in [-0.1, -0.05) is 29.5 Å². The number of aldehydes is 1. The van der Waals surface area contributed by atoms with Crippen LogP contribution in [0, 0.1) is 0 Å². The van der Waals surface area contributed by atoms with Crippen LogP contribution in [0.25, 0.3) is 0 Å². The molecule has 1 radical (unpaired) electrons. The molecule has 0 saturated carbocycles. The van der Waals surface area contributed by atoms with Gasteiger partial charge in [-0.05, 0) is 27.7 Å². The van der Waals surface area contributed by atoms with Crippen molar-refractivity contribution >= 4 is 12.1 Å². The Morgan fingerprint density at radius 1 is 1.11 bits per heavy atom. The molecule has 1 aliphatic rings. The summed E-state index contributed by atoms with van der Waals surface area (Å²) in [7, 11) is 0. The van der Waals surface area contributed by atoms with E-state index >= 15 is 0 Å². The van der Waals surface area contributed by atoms with Crippen LogP contribution in [0.2, 0.25) is 0 Å². The highest BCUT2D eigenvalue weighted by Gasteiger charge is 2.50. The predicted molar refractivity (Wildman–Crippen MR) is 69.1 cm³/mol. The molecule has 0 bridgehead atoms. The monoisotopic (exact) mass is 245 g/mol. The van der Waals surface area contributed by atoms with Crippen molar-refractivity contribution in [1.82, 2.24) is 5.06 Å². The van der Waals surface area contributed by atoms with E-state index in [1.54, 1.807) is 24.3 Å². The van der Waals surface area contributed by atoms with Crippen LogP contribution in [-0.4, -0.2) is 28.3 Å². The lowest BCUT2D eigenvalue weighted by atomic mass is 9.84. The fourth-order valence-electron chi connectivity index (χ4n) is 1.85. The Morgan fingerprint density at radius 2 is 1.67 bits per heavy atom. The van der Waals surface area contributed by atoms with Crippen LogP contribution in [0.15, 0.2) is 29.3 Å². The van der Waals surface area contributed by atoms with E-state index in [0.29, 0.717) is 11.4 Å². The average molecular weight is 245 g/mol. The minimum atomic E-state index is -0.578. The second-order valence-corrected chi connectivity index (χ2v) is 5.59. The van der Waals surface area contributed by atoms with Crippen LogP contribution in [0.1, 0.15) is 43.6 Å². The highest BCUT2D eigenvalue weighted by molar-refractivity contribution is 6.00. The Hall–Kier alpha value is -1.68. The quantitative estimate of drug-likeness (QED) is 0.751. The first-order valence-electron chi connectivity index (χ1n) is 5.92. The molecular weight excluding hydrogens is 228 g/mol. The van der Waals surface area contributed by atoms with Gasteiger partial charge in [-0.15, -0.1) is 0 Å². The van der Waals surface area contributed by atoms with Crippen LogP contribution in [0.3, 0.4) is 0 Å². The summed E-state index contributed by atoms with van der Waals surface area (Å²) in [6, 6.07) is 6.89. The first-order chi connectivity index (χ1) is 8.29. The van der Waals surface area contributed by atoms with E-state index in [0.717, 1.165) is 16.9 Å². The molecule has 4 nitrogen and oxygen atoms in total. The van der Waals surface area contributed by atoms with Gasteiger partial charge < -0.3 is 0 Å².